The molecule has 4 heteroatoms. The minimum atomic E-state index is -0.132. The molecular formula is C18H25NO3. The molecule has 0 saturated carbocycles. The summed E-state index contributed by atoms with van der Waals surface area (Å²) in [7, 11) is 0. The number of allylic oxidation sites excluding steroid dienone is 1. The molecule has 0 amide bonds. The number of aliphatic hydroxyl groups is 2. The monoisotopic (exact) mass is 303 g/mol. The van der Waals surface area contributed by atoms with Crippen LogP contribution in [0.25, 0.3) is 0 Å². The molecule has 0 aromatic heterocycles. The normalized spacial score (nSPS) is 28.1. The number of aromatic hydroxyl groups is 1. The van der Waals surface area contributed by atoms with Crippen LogP contribution in [0.3, 0.4) is 0 Å². The van der Waals surface area contributed by atoms with Crippen molar-refractivity contribution in [3.05, 3.63) is 41.0 Å². The average Bonchev–Trinajstić information content (AvgIpc) is 2.55. The van der Waals surface area contributed by atoms with Crippen molar-refractivity contribution in [3.8, 4) is 5.75 Å². The van der Waals surface area contributed by atoms with Gasteiger partial charge in [0.15, 0.2) is 0 Å². The predicted molar refractivity (Wildman–Crippen MR) is 85.5 cm³/mol. The van der Waals surface area contributed by atoms with Crippen LogP contribution in [0.5, 0.6) is 5.75 Å². The van der Waals surface area contributed by atoms with Crippen LogP contribution in [-0.2, 0) is 13.0 Å². The topological polar surface area (TPSA) is 72.7 Å². The molecule has 1 aliphatic heterocycles. The first-order chi connectivity index (χ1) is 10.7. The number of fused-ring (bicyclic) bond motifs is 1. The van der Waals surface area contributed by atoms with Gasteiger partial charge in [0.2, 0.25) is 0 Å². The summed E-state index contributed by atoms with van der Waals surface area (Å²) in [6, 6.07) is 5.98. The molecule has 1 aromatic carbocycles. The van der Waals surface area contributed by atoms with Crippen LogP contribution >= 0.6 is 0 Å². The van der Waals surface area contributed by atoms with Crippen molar-refractivity contribution in [2.75, 3.05) is 13.2 Å². The van der Waals surface area contributed by atoms with E-state index in [2.05, 4.69) is 11.4 Å². The molecule has 3 rings (SSSR count). The van der Waals surface area contributed by atoms with Gasteiger partial charge in [0.1, 0.15) is 5.75 Å². The van der Waals surface area contributed by atoms with E-state index >= 15 is 0 Å². The molecule has 0 spiro atoms. The van der Waals surface area contributed by atoms with Gasteiger partial charge >= 0.3 is 0 Å². The molecule has 0 radical (unpaired) electrons. The van der Waals surface area contributed by atoms with Crippen molar-refractivity contribution in [2.24, 2.45) is 11.8 Å². The standard InChI is InChI=1S/C18H25NO3/c20-10-13-2-4-16-14(7-13)5-6-19-17(16)8-12-1-3-15(11-21)18(22)9-12/h1-3,9,14,16-17,19-22H,4-8,10-11H2. The third-order valence-corrected chi connectivity index (χ3v) is 5.23. The van der Waals surface area contributed by atoms with Crippen molar-refractivity contribution < 1.29 is 15.3 Å². The molecule has 120 valence electrons. The third kappa shape index (κ3) is 3.19. The number of phenols is 1. The van der Waals surface area contributed by atoms with Crippen LogP contribution in [0.15, 0.2) is 29.8 Å². The number of nitrogens with one attached hydrogen (secondary N) is 1. The van der Waals surface area contributed by atoms with E-state index in [4.69, 9.17) is 5.11 Å². The maximum atomic E-state index is 9.90. The lowest BCUT2D eigenvalue weighted by molar-refractivity contribution is 0.170. The van der Waals surface area contributed by atoms with E-state index in [1.54, 1.807) is 12.1 Å². The molecule has 1 aliphatic carbocycles. The number of piperidine rings is 1. The Morgan fingerprint density at radius 2 is 2.05 bits per heavy atom. The Kier molecular flexibility index (Phi) is 4.81. The second-order valence-electron chi connectivity index (χ2n) is 6.56. The van der Waals surface area contributed by atoms with Gasteiger partial charge in [-0.15, -0.1) is 0 Å². The highest BCUT2D eigenvalue weighted by Crippen LogP contribution is 2.37. The SMILES string of the molecule is OCC1=CCC2C(CCNC2Cc2ccc(CO)c(O)c2)C1. The van der Waals surface area contributed by atoms with Gasteiger partial charge in [-0.2, -0.15) is 0 Å². The first-order valence-electron chi connectivity index (χ1n) is 8.15. The van der Waals surface area contributed by atoms with E-state index in [9.17, 15) is 10.2 Å². The number of aliphatic hydroxyl groups excluding tert-OH is 2. The van der Waals surface area contributed by atoms with Crippen molar-refractivity contribution in [2.45, 2.75) is 38.3 Å². The highest BCUT2D eigenvalue weighted by atomic mass is 16.3. The van der Waals surface area contributed by atoms with Crippen LogP contribution in [0.2, 0.25) is 0 Å². The Bertz CT molecular complexity index is 555. The fourth-order valence-corrected chi connectivity index (χ4v) is 3.96. The summed E-state index contributed by atoms with van der Waals surface area (Å²) in [4.78, 5) is 0. The molecule has 4 N–H and O–H groups in total. The Morgan fingerprint density at radius 1 is 1.18 bits per heavy atom. The van der Waals surface area contributed by atoms with Gasteiger partial charge in [0.25, 0.3) is 0 Å². The second kappa shape index (κ2) is 6.82. The number of hydrogen-bond donors (Lipinski definition) is 4. The lowest BCUT2D eigenvalue weighted by Crippen LogP contribution is -2.48. The van der Waals surface area contributed by atoms with Crippen LogP contribution in [-0.4, -0.2) is 34.5 Å². The zero-order valence-electron chi connectivity index (χ0n) is 12.8. The lowest BCUT2D eigenvalue weighted by Gasteiger charge is -2.41. The van der Waals surface area contributed by atoms with Gasteiger partial charge in [-0.3, -0.25) is 0 Å². The maximum Gasteiger partial charge on any atom is 0.121 e. The fraction of sp³-hybridized carbons (Fsp3) is 0.556. The maximum absolute atomic E-state index is 9.90. The van der Waals surface area contributed by atoms with Gasteiger partial charge in [-0.05, 0) is 61.3 Å². The quantitative estimate of drug-likeness (QED) is 0.639. The van der Waals surface area contributed by atoms with E-state index in [1.165, 1.54) is 12.0 Å². The molecule has 3 atom stereocenters. The molecule has 22 heavy (non-hydrogen) atoms. The Hall–Kier alpha value is -1.36. The van der Waals surface area contributed by atoms with Gasteiger partial charge in [0.05, 0.1) is 13.2 Å². The summed E-state index contributed by atoms with van der Waals surface area (Å²) in [5.74, 6) is 1.44. The number of benzene rings is 1. The smallest absolute Gasteiger partial charge is 0.121 e. The Morgan fingerprint density at radius 3 is 2.77 bits per heavy atom. The van der Waals surface area contributed by atoms with E-state index < -0.39 is 0 Å². The first-order valence-corrected chi connectivity index (χ1v) is 8.15. The molecule has 1 fully saturated rings. The summed E-state index contributed by atoms with van der Waals surface area (Å²) in [5, 5.41) is 32.0. The summed E-state index contributed by atoms with van der Waals surface area (Å²) >= 11 is 0. The summed E-state index contributed by atoms with van der Waals surface area (Å²) in [6.45, 7) is 1.08. The molecule has 0 bridgehead atoms. The average molecular weight is 303 g/mol. The second-order valence-corrected chi connectivity index (χ2v) is 6.56. The summed E-state index contributed by atoms with van der Waals surface area (Å²) in [5.41, 5.74) is 2.86. The third-order valence-electron chi connectivity index (χ3n) is 5.23. The molecule has 1 aromatic rings. The highest BCUT2D eigenvalue weighted by Gasteiger charge is 2.34. The van der Waals surface area contributed by atoms with Gasteiger partial charge in [-0.1, -0.05) is 18.2 Å². The zero-order valence-corrected chi connectivity index (χ0v) is 12.8. The van der Waals surface area contributed by atoms with Crippen LogP contribution < -0.4 is 5.32 Å². The first kappa shape index (κ1) is 15.5. The van der Waals surface area contributed by atoms with Crippen molar-refractivity contribution >= 4 is 0 Å². The summed E-state index contributed by atoms with van der Waals surface area (Å²) in [6.07, 6.45) is 6.32. The number of hydrogen-bond acceptors (Lipinski definition) is 4. The van der Waals surface area contributed by atoms with Crippen LogP contribution in [0.1, 0.15) is 30.4 Å². The zero-order chi connectivity index (χ0) is 15.5. The number of rotatable bonds is 4. The Balaban J connectivity index is 1.72. The highest BCUT2D eigenvalue weighted by molar-refractivity contribution is 5.36. The molecule has 1 heterocycles. The van der Waals surface area contributed by atoms with E-state index in [-0.39, 0.29) is 19.0 Å². The van der Waals surface area contributed by atoms with Crippen LogP contribution in [0.4, 0.5) is 0 Å². The summed E-state index contributed by atoms with van der Waals surface area (Å²) < 4.78 is 0. The van der Waals surface area contributed by atoms with Crippen molar-refractivity contribution in [1.29, 1.82) is 0 Å². The molecule has 2 aliphatic rings. The van der Waals surface area contributed by atoms with Gasteiger partial charge < -0.3 is 20.6 Å². The van der Waals surface area contributed by atoms with E-state index in [0.717, 1.165) is 31.4 Å². The van der Waals surface area contributed by atoms with Crippen molar-refractivity contribution in [3.63, 3.8) is 0 Å². The lowest BCUT2D eigenvalue weighted by atomic mass is 9.71. The van der Waals surface area contributed by atoms with Gasteiger partial charge in [-0.25, -0.2) is 0 Å². The van der Waals surface area contributed by atoms with Crippen LogP contribution in [0, 0.1) is 11.8 Å². The minimum absolute atomic E-state index is 0.132. The molecule has 1 saturated heterocycles. The van der Waals surface area contributed by atoms with E-state index in [0.29, 0.717) is 23.4 Å². The van der Waals surface area contributed by atoms with Gasteiger partial charge in [0, 0.05) is 11.6 Å². The fourth-order valence-electron chi connectivity index (χ4n) is 3.96. The minimum Gasteiger partial charge on any atom is -0.508 e. The molecule has 4 nitrogen and oxygen atoms in total. The Labute approximate surface area is 131 Å². The van der Waals surface area contributed by atoms with E-state index in [1.807, 2.05) is 6.07 Å². The predicted octanol–water partition coefficient (Wildman–Crippen LogP) is 1.73. The molecule has 3 unspecified atom stereocenters. The molecular weight excluding hydrogens is 278 g/mol. The van der Waals surface area contributed by atoms with Crippen molar-refractivity contribution in [1.82, 2.24) is 5.32 Å². The largest absolute Gasteiger partial charge is 0.508 e.